The first kappa shape index (κ1) is 26.7. The second kappa shape index (κ2) is 9.49. The maximum Gasteiger partial charge on any atom is 0.270 e. The minimum Gasteiger partial charge on any atom is -0.364 e. The Hall–Kier alpha value is -2.38. The van der Waals surface area contributed by atoms with Gasteiger partial charge in [0.1, 0.15) is 20.5 Å². The molecule has 0 unspecified atom stereocenters. The zero-order valence-electron chi connectivity index (χ0n) is 19.1. The summed E-state index contributed by atoms with van der Waals surface area (Å²) in [6.07, 6.45) is 2.31. The molecule has 0 spiro atoms. The van der Waals surface area contributed by atoms with E-state index in [0.29, 0.717) is 24.9 Å². The summed E-state index contributed by atoms with van der Waals surface area (Å²) < 4.78 is 51.2. The van der Waals surface area contributed by atoms with E-state index in [2.05, 4.69) is 4.98 Å². The van der Waals surface area contributed by atoms with Crippen LogP contribution in [0, 0.1) is 6.92 Å². The first-order chi connectivity index (χ1) is 16.7. The highest BCUT2D eigenvalue weighted by molar-refractivity contribution is 7.92. The lowest BCUT2D eigenvalue weighted by Gasteiger charge is -2.20. The largest absolute Gasteiger partial charge is 0.364 e. The molecule has 1 aliphatic rings. The van der Waals surface area contributed by atoms with E-state index in [1.807, 2.05) is 0 Å². The molecule has 1 aromatic carbocycles. The van der Waals surface area contributed by atoms with Crippen LogP contribution >= 0.6 is 34.5 Å². The third-order valence-electron chi connectivity index (χ3n) is 5.79. The number of thiophene rings is 1. The topological polar surface area (TPSA) is 147 Å². The number of sulfone groups is 2. The normalized spacial score (nSPS) is 14.4. The van der Waals surface area contributed by atoms with Gasteiger partial charge in [-0.1, -0.05) is 23.2 Å². The van der Waals surface area contributed by atoms with Gasteiger partial charge in [-0.05, 0) is 55.2 Å². The Morgan fingerprint density at radius 3 is 2.28 bits per heavy atom. The van der Waals surface area contributed by atoms with Gasteiger partial charge >= 0.3 is 0 Å². The fraction of sp³-hybridized carbons (Fsp3) is 0.273. The second-order valence-electron chi connectivity index (χ2n) is 8.42. The van der Waals surface area contributed by atoms with Crippen molar-refractivity contribution in [2.75, 3.05) is 12.8 Å². The number of benzene rings is 1. The Labute approximate surface area is 222 Å². The lowest BCUT2D eigenvalue weighted by Crippen LogP contribution is -2.31. The van der Waals surface area contributed by atoms with Crippen LogP contribution in [-0.4, -0.2) is 51.3 Å². The number of carbonyl (C=O) groups is 2. The summed E-state index contributed by atoms with van der Waals surface area (Å²) in [4.78, 5) is 30.1. The molecule has 9 nitrogen and oxygen atoms in total. The van der Waals surface area contributed by atoms with Crippen LogP contribution in [0.5, 0.6) is 0 Å². The number of aromatic amines is 1. The molecule has 0 atom stereocenters. The van der Waals surface area contributed by atoms with Gasteiger partial charge in [0, 0.05) is 34.3 Å². The molecule has 1 aliphatic heterocycles. The van der Waals surface area contributed by atoms with Gasteiger partial charge in [0.2, 0.25) is 9.84 Å². The van der Waals surface area contributed by atoms with Crippen LogP contribution in [0.1, 0.15) is 43.4 Å². The van der Waals surface area contributed by atoms with Gasteiger partial charge < -0.3 is 15.6 Å². The quantitative estimate of drug-likeness (QED) is 0.464. The number of nitrogens with one attached hydrogen (secondary N) is 1. The van der Waals surface area contributed by atoms with Crippen molar-refractivity contribution >= 4 is 66.0 Å². The van der Waals surface area contributed by atoms with E-state index in [4.69, 9.17) is 28.9 Å². The zero-order valence-corrected chi connectivity index (χ0v) is 23.1. The van der Waals surface area contributed by atoms with Crippen LogP contribution < -0.4 is 5.73 Å². The van der Waals surface area contributed by atoms with Crippen molar-refractivity contribution in [3.8, 4) is 0 Å². The SMILES string of the molecule is Cc1c(C(=O)N2CCCc3sc(S(C)(=O)=O)cc3C2)[nH]c(C(N)=O)c1S(=O)(=O)c1cc(Cl)cc(Cl)c1. The molecule has 192 valence electrons. The first-order valence-corrected chi connectivity index (χ1v) is 15.5. The Bertz CT molecular complexity index is 1600. The maximum atomic E-state index is 13.5. The molecule has 2 aromatic heterocycles. The van der Waals surface area contributed by atoms with E-state index in [0.717, 1.165) is 11.1 Å². The fourth-order valence-electron chi connectivity index (χ4n) is 4.12. The molecule has 0 radical (unpaired) electrons. The standard InChI is InChI=1S/C22H21Cl2N3O6S3/c1-11-18(22(29)27-5-3-4-16-12(10-27)6-17(34-16)35(2,30)31)26-19(21(25)28)20(11)36(32,33)15-8-13(23)7-14(24)9-15/h6-9,26H,3-5,10H2,1-2H3,(H2,25,28). The second-order valence-corrected chi connectivity index (χ2v) is 14.6. The van der Waals surface area contributed by atoms with Crippen molar-refractivity contribution in [1.82, 2.24) is 9.88 Å². The minimum atomic E-state index is -4.34. The average molecular weight is 591 g/mol. The maximum absolute atomic E-state index is 13.5. The highest BCUT2D eigenvalue weighted by Crippen LogP contribution is 2.34. The van der Waals surface area contributed by atoms with Gasteiger partial charge in [-0.15, -0.1) is 11.3 Å². The number of aryl methyl sites for hydroxylation is 1. The summed E-state index contributed by atoms with van der Waals surface area (Å²) in [6.45, 7) is 1.89. The van der Waals surface area contributed by atoms with Crippen LogP contribution in [0.25, 0.3) is 0 Å². The number of rotatable bonds is 5. The highest BCUT2D eigenvalue weighted by Gasteiger charge is 2.34. The van der Waals surface area contributed by atoms with E-state index in [9.17, 15) is 26.4 Å². The molecule has 0 saturated heterocycles. The third kappa shape index (κ3) is 4.92. The Morgan fingerprint density at radius 1 is 1.06 bits per heavy atom. The molecule has 3 aromatic rings. The molecule has 0 saturated carbocycles. The Balaban J connectivity index is 1.77. The Morgan fingerprint density at radius 2 is 1.69 bits per heavy atom. The van der Waals surface area contributed by atoms with Gasteiger partial charge in [0.05, 0.1) is 4.90 Å². The molecule has 0 fully saturated rings. The zero-order chi connectivity index (χ0) is 26.6. The predicted molar refractivity (Wildman–Crippen MR) is 136 cm³/mol. The summed E-state index contributed by atoms with van der Waals surface area (Å²) in [7, 11) is -7.73. The third-order valence-corrected chi connectivity index (χ3v) is 11.2. The molecule has 0 bridgehead atoms. The number of halogens is 2. The summed E-state index contributed by atoms with van der Waals surface area (Å²) in [5, 5.41) is 0.159. The molecule has 3 heterocycles. The van der Waals surface area contributed by atoms with Crippen LogP contribution in [0.2, 0.25) is 10.0 Å². The van der Waals surface area contributed by atoms with Gasteiger partial charge in [0.25, 0.3) is 11.8 Å². The fourth-order valence-corrected chi connectivity index (χ4v) is 8.70. The smallest absolute Gasteiger partial charge is 0.270 e. The van der Waals surface area contributed by atoms with Gasteiger partial charge in [-0.3, -0.25) is 9.59 Å². The number of fused-ring (bicyclic) bond motifs is 1. The van der Waals surface area contributed by atoms with Crippen LogP contribution in [0.4, 0.5) is 0 Å². The van der Waals surface area contributed by atoms with Crippen molar-refractivity contribution in [1.29, 1.82) is 0 Å². The number of aromatic nitrogens is 1. The number of hydrogen-bond acceptors (Lipinski definition) is 7. The molecule has 2 amide bonds. The number of primary amides is 1. The van der Waals surface area contributed by atoms with Crippen molar-refractivity contribution in [3.63, 3.8) is 0 Å². The minimum absolute atomic E-state index is 0.0245. The van der Waals surface area contributed by atoms with Crippen LogP contribution in [0.3, 0.4) is 0 Å². The molecule has 14 heteroatoms. The predicted octanol–water partition coefficient (Wildman–Crippen LogP) is 3.62. The number of H-pyrrole nitrogens is 1. The molecule has 3 N–H and O–H groups in total. The number of carbonyl (C=O) groups excluding carboxylic acids is 2. The summed E-state index contributed by atoms with van der Waals surface area (Å²) >= 11 is 13.2. The molecular formula is C22H21Cl2N3O6S3. The van der Waals surface area contributed by atoms with Gasteiger partial charge in [-0.2, -0.15) is 0 Å². The van der Waals surface area contributed by atoms with E-state index in [1.54, 1.807) is 6.07 Å². The lowest BCUT2D eigenvalue weighted by atomic mass is 10.2. The molecule has 0 aliphatic carbocycles. The number of amides is 2. The Kier molecular flexibility index (Phi) is 7.03. The van der Waals surface area contributed by atoms with Crippen molar-refractivity contribution in [2.45, 2.75) is 40.3 Å². The van der Waals surface area contributed by atoms with Gasteiger partial charge in [-0.25, -0.2) is 16.8 Å². The van der Waals surface area contributed by atoms with E-state index >= 15 is 0 Å². The van der Waals surface area contributed by atoms with Gasteiger partial charge in [0.15, 0.2) is 9.84 Å². The lowest BCUT2D eigenvalue weighted by molar-refractivity contribution is 0.0739. The van der Waals surface area contributed by atoms with E-state index in [1.165, 1.54) is 41.4 Å². The first-order valence-electron chi connectivity index (χ1n) is 10.5. The molecule has 36 heavy (non-hydrogen) atoms. The van der Waals surface area contributed by atoms with Crippen LogP contribution in [0.15, 0.2) is 38.3 Å². The number of hydrogen-bond donors (Lipinski definition) is 2. The summed E-state index contributed by atoms with van der Waals surface area (Å²) in [5.41, 5.74) is 5.68. The average Bonchev–Trinajstić information content (AvgIpc) is 3.27. The van der Waals surface area contributed by atoms with Crippen molar-refractivity contribution in [2.24, 2.45) is 5.73 Å². The summed E-state index contributed by atoms with van der Waals surface area (Å²) in [6, 6.07) is 5.31. The monoisotopic (exact) mass is 589 g/mol. The van der Waals surface area contributed by atoms with Crippen molar-refractivity contribution in [3.05, 3.63) is 61.7 Å². The molecule has 4 rings (SSSR count). The van der Waals surface area contributed by atoms with Crippen molar-refractivity contribution < 1.29 is 26.4 Å². The number of nitrogens with zero attached hydrogens (tertiary/aromatic N) is 1. The molecular weight excluding hydrogens is 569 g/mol. The van der Waals surface area contributed by atoms with Crippen LogP contribution in [-0.2, 0) is 32.6 Å². The van der Waals surface area contributed by atoms with E-state index in [-0.39, 0.29) is 37.0 Å². The van der Waals surface area contributed by atoms with E-state index < -0.39 is 42.1 Å². The number of nitrogens with two attached hydrogens (primary N) is 1. The summed E-state index contributed by atoms with van der Waals surface area (Å²) in [5.74, 6) is -1.60. The highest BCUT2D eigenvalue weighted by atomic mass is 35.5.